The fourth-order valence-electron chi connectivity index (χ4n) is 1.36. The van der Waals surface area contributed by atoms with Gasteiger partial charge in [-0.05, 0) is 0 Å². The number of oxazole rings is 1. The third-order valence-corrected chi connectivity index (χ3v) is 2.11. The van der Waals surface area contributed by atoms with Crippen LogP contribution in [0, 0.1) is 0 Å². The van der Waals surface area contributed by atoms with Gasteiger partial charge in [-0.2, -0.15) is 0 Å². The van der Waals surface area contributed by atoms with Crippen molar-refractivity contribution in [3.63, 3.8) is 0 Å². The van der Waals surface area contributed by atoms with Crippen LogP contribution in [0.4, 0.5) is 5.69 Å². The lowest BCUT2D eigenvalue weighted by molar-refractivity contribution is 0.234. The van der Waals surface area contributed by atoms with Crippen LogP contribution in [0.25, 0.3) is 11.1 Å². The molecule has 1 aromatic carbocycles. The summed E-state index contributed by atoms with van der Waals surface area (Å²) < 4.78 is 10.2. The number of ether oxygens (including phenoxy) is 1. The number of nitrogens with two attached hydrogens (primary N) is 1. The molecule has 2 rings (SSSR count). The molecule has 86 valence electrons. The summed E-state index contributed by atoms with van der Waals surface area (Å²) in [6.07, 6.45) is 0.527. The molecule has 0 spiro atoms. The highest BCUT2D eigenvalue weighted by atomic mass is 16.5. The van der Waals surface area contributed by atoms with E-state index in [1.807, 2.05) is 0 Å². The first-order valence-corrected chi connectivity index (χ1v) is 4.86. The number of hydrogen-bond donors (Lipinski definition) is 3. The van der Waals surface area contributed by atoms with Crippen molar-refractivity contribution in [2.45, 2.75) is 6.42 Å². The molecule has 1 heterocycles. The highest BCUT2D eigenvalue weighted by Crippen LogP contribution is 2.26. The zero-order valence-corrected chi connectivity index (χ0v) is 8.53. The first-order valence-electron chi connectivity index (χ1n) is 4.86. The predicted molar refractivity (Wildman–Crippen MR) is 58.4 cm³/mol. The molecule has 0 unspecified atom stereocenters. The Hall–Kier alpha value is -1.95. The highest BCUT2D eigenvalue weighted by molar-refractivity contribution is 5.80. The minimum atomic E-state index is -0.526. The molecule has 0 atom stereocenters. The SMILES string of the molecule is Nc1cc2oc(=O)[nH]c2cc1OCCCO. The normalized spacial score (nSPS) is 10.8. The van der Waals surface area contributed by atoms with E-state index in [-0.39, 0.29) is 6.61 Å². The number of aliphatic hydroxyl groups excluding tert-OH is 1. The van der Waals surface area contributed by atoms with Crippen LogP contribution in [0.5, 0.6) is 5.75 Å². The molecule has 1 aromatic heterocycles. The van der Waals surface area contributed by atoms with Gasteiger partial charge in [-0.1, -0.05) is 0 Å². The highest BCUT2D eigenvalue weighted by Gasteiger charge is 2.07. The van der Waals surface area contributed by atoms with Gasteiger partial charge in [0.1, 0.15) is 5.75 Å². The maximum absolute atomic E-state index is 10.9. The monoisotopic (exact) mass is 224 g/mol. The molecule has 2 aromatic rings. The number of benzene rings is 1. The second-order valence-electron chi connectivity index (χ2n) is 3.33. The molecule has 0 aliphatic rings. The van der Waals surface area contributed by atoms with Gasteiger partial charge < -0.3 is 20.0 Å². The maximum Gasteiger partial charge on any atom is 0.417 e. The number of aliphatic hydroxyl groups is 1. The van der Waals surface area contributed by atoms with E-state index < -0.39 is 5.76 Å². The van der Waals surface area contributed by atoms with Gasteiger partial charge in [-0.25, -0.2) is 4.79 Å². The number of nitrogens with one attached hydrogen (secondary N) is 1. The van der Waals surface area contributed by atoms with E-state index >= 15 is 0 Å². The largest absolute Gasteiger partial charge is 0.491 e. The quantitative estimate of drug-likeness (QED) is 0.517. The smallest absolute Gasteiger partial charge is 0.417 e. The van der Waals surface area contributed by atoms with Crippen molar-refractivity contribution in [3.05, 3.63) is 22.7 Å². The number of nitrogen functional groups attached to an aromatic ring is 1. The molecule has 0 fully saturated rings. The lowest BCUT2D eigenvalue weighted by Crippen LogP contribution is -2.02. The summed E-state index contributed by atoms with van der Waals surface area (Å²) >= 11 is 0. The Kier molecular flexibility index (Phi) is 2.82. The van der Waals surface area contributed by atoms with Crippen molar-refractivity contribution in [1.29, 1.82) is 0 Å². The molecule has 0 aliphatic heterocycles. The third kappa shape index (κ3) is 2.01. The van der Waals surface area contributed by atoms with Crippen molar-refractivity contribution < 1.29 is 14.3 Å². The molecule has 4 N–H and O–H groups in total. The van der Waals surface area contributed by atoms with Gasteiger partial charge in [0.25, 0.3) is 0 Å². The lowest BCUT2D eigenvalue weighted by Gasteiger charge is -2.07. The summed E-state index contributed by atoms with van der Waals surface area (Å²) in [4.78, 5) is 13.4. The summed E-state index contributed by atoms with van der Waals surface area (Å²) in [6.45, 7) is 0.430. The number of hydrogen-bond acceptors (Lipinski definition) is 5. The minimum absolute atomic E-state index is 0.0602. The van der Waals surface area contributed by atoms with Gasteiger partial charge in [0.15, 0.2) is 5.58 Å². The van der Waals surface area contributed by atoms with Gasteiger partial charge in [0.05, 0.1) is 17.8 Å². The molecule has 0 radical (unpaired) electrons. The van der Waals surface area contributed by atoms with Gasteiger partial charge in [-0.15, -0.1) is 0 Å². The summed E-state index contributed by atoms with van der Waals surface area (Å²) in [5.74, 6) is -0.0556. The zero-order chi connectivity index (χ0) is 11.5. The third-order valence-electron chi connectivity index (χ3n) is 2.11. The number of aromatic nitrogens is 1. The molecule has 6 nitrogen and oxygen atoms in total. The second kappa shape index (κ2) is 4.28. The zero-order valence-electron chi connectivity index (χ0n) is 8.53. The van der Waals surface area contributed by atoms with Crippen LogP contribution in [0.15, 0.2) is 21.3 Å². The first-order chi connectivity index (χ1) is 7.70. The Morgan fingerprint density at radius 3 is 3.06 bits per heavy atom. The Balaban J connectivity index is 2.30. The van der Waals surface area contributed by atoms with E-state index in [2.05, 4.69) is 4.98 Å². The summed E-state index contributed by atoms with van der Waals surface area (Å²) in [5, 5.41) is 8.61. The molecular formula is C10H12N2O4. The number of fused-ring (bicyclic) bond motifs is 1. The Bertz CT molecular complexity index is 543. The van der Waals surface area contributed by atoms with E-state index in [1.54, 1.807) is 6.07 Å². The predicted octanol–water partition coefficient (Wildman–Crippen LogP) is 0.465. The number of rotatable bonds is 4. The average Bonchev–Trinajstić information content (AvgIpc) is 2.58. The van der Waals surface area contributed by atoms with Gasteiger partial charge in [0, 0.05) is 25.2 Å². The molecule has 0 aliphatic carbocycles. The van der Waals surface area contributed by atoms with Crippen LogP contribution in [0.2, 0.25) is 0 Å². The van der Waals surface area contributed by atoms with Crippen molar-refractivity contribution in [1.82, 2.24) is 4.98 Å². The van der Waals surface area contributed by atoms with Gasteiger partial charge in [-0.3, -0.25) is 4.98 Å². The van der Waals surface area contributed by atoms with E-state index in [1.165, 1.54) is 6.07 Å². The molecule has 6 heteroatoms. The second-order valence-corrected chi connectivity index (χ2v) is 3.33. The van der Waals surface area contributed by atoms with Gasteiger partial charge >= 0.3 is 5.76 Å². The molecular weight excluding hydrogens is 212 g/mol. The van der Waals surface area contributed by atoms with Crippen LogP contribution in [0.3, 0.4) is 0 Å². The number of aromatic amines is 1. The van der Waals surface area contributed by atoms with Crippen molar-refractivity contribution >= 4 is 16.8 Å². The van der Waals surface area contributed by atoms with Crippen LogP contribution in [-0.2, 0) is 0 Å². The molecule has 0 saturated carbocycles. The Labute approximate surface area is 90.6 Å². The molecule has 0 saturated heterocycles. The first kappa shape index (κ1) is 10.6. The van der Waals surface area contributed by atoms with Crippen LogP contribution in [-0.4, -0.2) is 23.3 Å². The van der Waals surface area contributed by atoms with Crippen molar-refractivity contribution in [2.75, 3.05) is 18.9 Å². The standard InChI is InChI=1S/C10H12N2O4/c11-6-4-9-7(12-10(14)16-9)5-8(6)15-3-1-2-13/h4-5,13H,1-3,11H2,(H,12,14). The number of anilines is 1. The molecule has 0 amide bonds. The summed E-state index contributed by atoms with van der Waals surface area (Å²) in [6, 6.07) is 3.13. The molecule has 16 heavy (non-hydrogen) atoms. The Morgan fingerprint density at radius 2 is 2.31 bits per heavy atom. The van der Waals surface area contributed by atoms with E-state index in [4.69, 9.17) is 20.0 Å². The van der Waals surface area contributed by atoms with E-state index in [0.717, 1.165) is 0 Å². The van der Waals surface area contributed by atoms with Gasteiger partial charge in [0.2, 0.25) is 0 Å². The fourth-order valence-corrected chi connectivity index (χ4v) is 1.36. The molecule has 0 bridgehead atoms. The topological polar surface area (TPSA) is 101 Å². The van der Waals surface area contributed by atoms with Crippen LogP contribution in [0.1, 0.15) is 6.42 Å². The van der Waals surface area contributed by atoms with Crippen LogP contribution >= 0.6 is 0 Å². The van der Waals surface area contributed by atoms with E-state index in [0.29, 0.717) is 35.6 Å². The Morgan fingerprint density at radius 1 is 1.50 bits per heavy atom. The van der Waals surface area contributed by atoms with Crippen LogP contribution < -0.4 is 16.2 Å². The average molecular weight is 224 g/mol. The maximum atomic E-state index is 10.9. The van der Waals surface area contributed by atoms with E-state index in [9.17, 15) is 4.79 Å². The fraction of sp³-hybridized carbons (Fsp3) is 0.300. The lowest BCUT2D eigenvalue weighted by atomic mass is 10.2. The number of H-pyrrole nitrogens is 1. The van der Waals surface area contributed by atoms with Crippen molar-refractivity contribution in [3.8, 4) is 5.75 Å². The summed E-state index contributed by atoms with van der Waals surface area (Å²) in [5.41, 5.74) is 7.05. The minimum Gasteiger partial charge on any atom is -0.491 e. The summed E-state index contributed by atoms with van der Waals surface area (Å²) in [7, 11) is 0. The van der Waals surface area contributed by atoms with Crippen molar-refractivity contribution in [2.24, 2.45) is 0 Å².